The first-order valence-corrected chi connectivity index (χ1v) is 6.51. The van der Waals surface area contributed by atoms with E-state index in [0.29, 0.717) is 5.56 Å². The summed E-state index contributed by atoms with van der Waals surface area (Å²) in [4.78, 5) is 22.7. The van der Waals surface area contributed by atoms with E-state index >= 15 is 0 Å². The Morgan fingerprint density at radius 2 is 1.52 bits per heavy atom. The summed E-state index contributed by atoms with van der Waals surface area (Å²) in [6, 6.07) is 11.4. The van der Waals surface area contributed by atoms with Crippen molar-refractivity contribution in [2.75, 3.05) is 0 Å². The number of aliphatic carboxylic acids is 1. The molecule has 0 saturated carbocycles. The molecule has 118 valence electrons. The average molecular weight is 315 g/mol. The molecule has 7 heteroatoms. The van der Waals surface area contributed by atoms with E-state index in [4.69, 9.17) is 5.21 Å². The number of hydrogen-bond donors (Lipinski definition) is 4. The van der Waals surface area contributed by atoms with Gasteiger partial charge in [-0.3, -0.25) is 0 Å². The number of benzene rings is 2. The molecule has 0 fully saturated rings. The number of aromatic carboxylic acids is 1. The molecule has 7 nitrogen and oxygen atoms in total. The highest BCUT2D eigenvalue weighted by Crippen LogP contribution is 2.23. The Labute approximate surface area is 130 Å². The summed E-state index contributed by atoms with van der Waals surface area (Å²) in [5.74, 6) is -2.50. The van der Waals surface area contributed by atoms with Crippen molar-refractivity contribution in [3.8, 4) is 0 Å². The lowest BCUT2D eigenvalue weighted by Gasteiger charge is -2.11. The number of carboxylic acids is 2. The normalized spacial score (nSPS) is 12.7. The van der Waals surface area contributed by atoms with E-state index < -0.39 is 17.2 Å². The van der Waals surface area contributed by atoms with Crippen molar-refractivity contribution in [2.24, 2.45) is 0 Å². The molecule has 1 atom stereocenters. The molecule has 0 aliphatic rings. The van der Waals surface area contributed by atoms with E-state index in [1.165, 1.54) is 48.5 Å². The summed E-state index contributed by atoms with van der Waals surface area (Å²) in [5, 5.41) is 37.1. The van der Waals surface area contributed by atoms with Gasteiger partial charge in [-0.2, -0.15) is 5.23 Å². The third-order valence-electron chi connectivity index (χ3n) is 3.15. The fourth-order valence-electron chi connectivity index (χ4n) is 2.05. The highest BCUT2D eigenvalue weighted by Gasteiger charge is 2.18. The van der Waals surface area contributed by atoms with Crippen LogP contribution in [-0.4, -0.2) is 27.4 Å². The lowest BCUT2D eigenvalue weighted by atomic mass is 9.97. The van der Waals surface area contributed by atoms with Gasteiger partial charge < -0.3 is 15.4 Å². The van der Waals surface area contributed by atoms with Crippen molar-refractivity contribution in [1.82, 2.24) is 0 Å². The fourth-order valence-corrected chi connectivity index (χ4v) is 2.05. The fraction of sp³-hybridized carbons (Fsp3) is 0. The molecule has 0 spiro atoms. The highest BCUT2D eigenvalue weighted by atomic mass is 16.8. The summed E-state index contributed by atoms with van der Waals surface area (Å²) >= 11 is 0. The van der Waals surface area contributed by atoms with Gasteiger partial charge in [0, 0.05) is 17.7 Å². The van der Waals surface area contributed by atoms with Crippen molar-refractivity contribution < 1.29 is 30.2 Å². The van der Waals surface area contributed by atoms with Crippen molar-refractivity contribution in [3.05, 3.63) is 70.4 Å². The summed E-state index contributed by atoms with van der Waals surface area (Å²) in [5.41, 5.74) is 0.293. The van der Waals surface area contributed by atoms with E-state index in [9.17, 15) is 25.0 Å². The first-order valence-electron chi connectivity index (χ1n) is 6.51. The van der Waals surface area contributed by atoms with Crippen LogP contribution in [0.3, 0.4) is 0 Å². The van der Waals surface area contributed by atoms with Crippen LogP contribution >= 0.6 is 0 Å². The number of quaternary nitrogens is 1. The van der Waals surface area contributed by atoms with Crippen LogP contribution in [-0.2, 0) is 4.79 Å². The Bertz CT molecular complexity index is 764. The Hall–Kier alpha value is -3.00. The predicted molar refractivity (Wildman–Crippen MR) is 81.1 cm³/mol. The van der Waals surface area contributed by atoms with Crippen molar-refractivity contribution in [1.29, 1.82) is 0 Å². The molecule has 0 aliphatic heterocycles. The lowest BCUT2D eigenvalue weighted by Crippen LogP contribution is -2.99. The van der Waals surface area contributed by atoms with Crippen molar-refractivity contribution in [2.45, 2.75) is 0 Å². The van der Waals surface area contributed by atoms with Gasteiger partial charge in [0.15, 0.2) is 5.69 Å². The average Bonchev–Trinajstić information content (AvgIpc) is 2.52. The maximum atomic E-state index is 11.5. The van der Waals surface area contributed by atoms with E-state index in [1.807, 2.05) is 0 Å². The third kappa shape index (κ3) is 3.80. The maximum absolute atomic E-state index is 11.5. The lowest BCUT2D eigenvalue weighted by molar-refractivity contribution is -0.991. The Kier molecular flexibility index (Phi) is 4.87. The maximum Gasteiger partial charge on any atom is 0.336 e. The molecule has 0 heterocycles. The van der Waals surface area contributed by atoms with Gasteiger partial charge in [-0.25, -0.2) is 14.8 Å². The van der Waals surface area contributed by atoms with Gasteiger partial charge in [-0.1, -0.05) is 18.2 Å². The molecular weight excluding hydrogens is 302 g/mol. The van der Waals surface area contributed by atoms with Crippen LogP contribution in [0.1, 0.15) is 21.5 Å². The van der Waals surface area contributed by atoms with Crippen molar-refractivity contribution in [3.63, 3.8) is 0 Å². The molecule has 2 aromatic carbocycles. The molecule has 23 heavy (non-hydrogen) atoms. The zero-order valence-corrected chi connectivity index (χ0v) is 11.8. The summed E-state index contributed by atoms with van der Waals surface area (Å²) < 4.78 is 0. The highest BCUT2D eigenvalue weighted by molar-refractivity contribution is 6.22. The van der Waals surface area contributed by atoms with E-state index in [2.05, 4.69) is 0 Å². The predicted octanol–water partition coefficient (Wildman–Crippen LogP) is 1.41. The molecule has 1 unspecified atom stereocenters. The number of rotatable bonds is 5. The van der Waals surface area contributed by atoms with Crippen LogP contribution in [0.25, 0.3) is 11.6 Å². The van der Waals surface area contributed by atoms with Crippen LogP contribution < -0.4 is 5.23 Å². The minimum atomic E-state index is -1.28. The molecule has 4 N–H and O–H groups in total. The van der Waals surface area contributed by atoms with Gasteiger partial charge in [0.2, 0.25) is 0 Å². The van der Waals surface area contributed by atoms with Crippen LogP contribution in [0.5, 0.6) is 0 Å². The van der Waals surface area contributed by atoms with Gasteiger partial charge in [0.1, 0.15) is 0 Å². The van der Waals surface area contributed by atoms with Crippen LogP contribution in [0.2, 0.25) is 0 Å². The molecule has 0 aliphatic carbocycles. The number of hydrogen-bond acceptors (Lipinski definition) is 4. The molecule has 2 aromatic rings. The van der Waals surface area contributed by atoms with Crippen LogP contribution in [0, 0.1) is 5.21 Å². The largest absolute Gasteiger partial charge is 0.595 e. The first kappa shape index (κ1) is 16.4. The Morgan fingerprint density at radius 1 is 0.957 bits per heavy atom. The molecule has 0 radical (unpaired) electrons. The first-order chi connectivity index (χ1) is 10.9. The molecule has 0 saturated heterocycles. The molecule has 2 rings (SSSR count). The topological polar surface area (TPSA) is 122 Å². The second kappa shape index (κ2) is 6.84. The van der Waals surface area contributed by atoms with Gasteiger partial charge in [0.25, 0.3) is 0 Å². The van der Waals surface area contributed by atoms with E-state index in [-0.39, 0.29) is 22.4 Å². The van der Waals surface area contributed by atoms with Gasteiger partial charge in [-0.15, -0.1) is 0 Å². The number of carbonyl (C=O) groups is 2. The molecule has 0 bridgehead atoms. The minimum absolute atomic E-state index is 0.0740. The van der Waals surface area contributed by atoms with Gasteiger partial charge in [0.05, 0.1) is 11.1 Å². The van der Waals surface area contributed by atoms with Crippen LogP contribution in [0.15, 0.2) is 48.5 Å². The third-order valence-corrected chi connectivity index (χ3v) is 3.15. The van der Waals surface area contributed by atoms with E-state index in [0.717, 1.165) is 0 Å². The van der Waals surface area contributed by atoms with E-state index in [1.54, 1.807) is 6.07 Å². The van der Waals surface area contributed by atoms with Crippen molar-refractivity contribution >= 4 is 29.3 Å². The summed E-state index contributed by atoms with van der Waals surface area (Å²) in [6.07, 6.45) is 1.30. The monoisotopic (exact) mass is 315 g/mol. The number of carboxylic acid groups (broad SMARTS) is 2. The zero-order chi connectivity index (χ0) is 17.0. The molecule has 0 aromatic heterocycles. The summed E-state index contributed by atoms with van der Waals surface area (Å²) in [7, 11) is 0. The second-order valence-corrected chi connectivity index (χ2v) is 4.64. The summed E-state index contributed by atoms with van der Waals surface area (Å²) in [6.45, 7) is 0. The standard InChI is InChI=1S/C16H13NO6/c18-15(19)13-4-2-1-3-12(13)14(16(20)21)9-10-5-7-11(8-6-10)17(22)23/h1-9,17,22H,(H,18,19)(H,20,21). The quantitative estimate of drug-likeness (QED) is 0.376. The molecular formula is C16H13NO6. The zero-order valence-electron chi connectivity index (χ0n) is 11.8. The second-order valence-electron chi connectivity index (χ2n) is 4.64. The Morgan fingerprint density at radius 3 is 2.00 bits per heavy atom. The van der Waals surface area contributed by atoms with Crippen LogP contribution in [0.4, 0.5) is 5.69 Å². The Balaban J connectivity index is 2.51. The smallest absolute Gasteiger partial charge is 0.336 e. The van der Waals surface area contributed by atoms with Gasteiger partial charge in [-0.05, 0) is 29.8 Å². The molecule has 0 amide bonds. The SMILES string of the molecule is O=C(O)C(=Cc1ccc([NH+]([O-])O)cc1)c1ccccc1C(=O)O. The number of nitrogens with one attached hydrogen (secondary N) is 1. The minimum Gasteiger partial charge on any atom is -0.595 e. The van der Waals surface area contributed by atoms with Gasteiger partial charge >= 0.3 is 11.9 Å².